The maximum absolute atomic E-state index is 11.5. The molecule has 0 unspecified atom stereocenters. The third kappa shape index (κ3) is 4.14. The fourth-order valence-electron chi connectivity index (χ4n) is 1.18. The molecular weight excluding hydrogens is 272 g/mol. The van der Waals surface area contributed by atoms with Gasteiger partial charge in [-0.05, 0) is 31.5 Å². The van der Waals surface area contributed by atoms with Gasteiger partial charge in [-0.25, -0.2) is 4.79 Å². The summed E-state index contributed by atoms with van der Waals surface area (Å²) in [7, 11) is 0. The molecule has 1 aromatic rings. The van der Waals surface area contributed by atoms with Crippen molar-refractivity contribution in [2.75, 3.05) is 0 Å². The largest absolute Gasteiger partial charge is 0.457 e. The van der Waals surface area contributed by atoms with Crippen LogP contribution in [0, 0.1) is 0 Å². The van der Waals surface area contributed by atoms with Crippen LogP contribution in [0.15, 0.2) is 28.7 Å². The average Bonchev–Trinajstić information content (AvgIpc) is 2.16. The summed E-state index contributed by atoms with van der Waals surface area (Å²) < 4.78 is 5.70. The second-order valence-corrected chi connectivity index (χ2v) is 4.60. The number of hydrogen-bond acceptors (Lipinski definition) is 3. The number of carbonyl (C=O) groups excluding carboxylic acids is 2. The Bertz CT molecular complexity index is 399. The van der Waals surface area contributed by atoms with Gasteiger partial charge < -0.3 is 4.74 Å². The number of halogens is 1. The van der Waals surface area contributed by atoms with Crippen molar-refractivity contribution in [3.05, 3.63) is 34.3 Å². The van der Waals surface area contributed by atoms with Crippen LogP contribution in [0.3, 0.4) is 0 Å². The van der Waals surface area contributed by atoms with Crippen LogP contribution >= 0.6 is 15.9 Å². The van der Waals surface area contributed by atoms with Crippen LogP contribution in [0.4, 0.5) is 0 Å². The summed E-state index contributed by atoms with van der Waals surface area (Å²) >= 11 is 3.30. The van der Waals surface area contributed by atoms with Gasteiger partial charge in [0, 0.05) is 10.9 Å². The van der Waals surface area contributed by atoms with Crippen LogP contribution in [-0.4, -0.2) is 17.9 Å². The molecule has 0 heterocycles. The number of ketones is 1. The minimum Gasteiger partial charge on any atom is -0.457 e. The molecule has 0 aromatic heterocycles. The molecule has 0 amide bonds. The summed E-state index contributed by atoms with van der Waals surface area (Å²) in [5.41, 5.74) is 0.792. The minimum atomic E-state index is -0.769. The highest BCUT2D eigenvalue weighted by atomic mass is 79.9. The molecule has 0 aliphatic rings. The molecule has 0 atom stereocenters. The van der Waals surface area contributed by atoms with Crippen molar-refractivity contribution >= 4 is 27.7 Å². The molecule has 0 N–H and O–H groups in total. The van der Waals surface area contributed by atoms with E-state index in [1.807, 2.05) is 12.1 Å². The van der Waals surface area contributed by atoms with Gasteiger partial charge >= 0.3 is 5.97 Å². The maximum Gasteiger partial charge on any atom is 0.375 e. The highest BCUT2D eigenvalue weighted by molar-refractivity contribution is 9.10. The Morgan fingerprint density at radius 2 is 2.06 bits per heavy atom. The van der Waals surface area contributed by atoms with Crippen LogP contribution in [0.2, 0.25) is 0 Å². The van der Waals surface area contributed by atoms with Crippen molar-refractivity contribution in [3.63, 3.8) is 0 Å². The first-order valence-electron chi connectivity index (χ1n) is 4.97. The van der Waals surface area contributed by atoms with E-state index in [1.54, 1.807) is 26.0 Å². The second-order valence-electron chi connectivity index (χ2n) is 3.68. The van der Waals surface area contributed by atoms with E-state index < -0.39 is 11.8 Å². The third-order valence-electron chi connectivity index (χ3n) is 1.82. The van der Waals surface area contributed by atoms with Gasteiger partial charge in [-0.15, -0.1) is 0 Å². The molecule has 1 rings (SSSR count). The standard InChI is InChI=1S/C12H13BrO3/c1-8(2)16-12(15)11(14)7-9-4-3-5-10(13)6-9/h3-6,8H,7H2,1-2H3. The zero-order valence-electron chi connectivity index (χ0n) is 9.20. The predicted octanol–water partition coefficient (Wildman–Crippen LogP) is 2.51. The fourth-order valence-corrected chi connectivity index (χ4v) is 1.63. The zero-order chi connectivity index (χ0) is 12.1. The lowest BCUT2D eigenvalue weighted by atomic mass is 10.1. The number of ether oxygens (including phenoxy) is 1. The summed E-state index contributed by atoms with van der Waals surface area (Å²) in [6, 6.07) is 7.28. The lowest BCUT2D eigenvalue weighted by molar-refractivity contribution is -0.156. The number of rotatable bonds is 4. The van der Waals surface area contributed by atoms with Gasteiger partial charge in [0.15, 0.2) is 0 Å². The maximum atomic E-state index is 11.5. The number of esters is 1. The van der Waals surface area contributed by atoms with Crippen LogP contribution in [-0.2, 0) is 20.7 Å². The first-order valence-corrected chi connectivity index (χ1v) is 5.76. The van der Waals surface area contributed by atoms with E-state index >= 15 is 0 Å². The van der Waals surface area contributed by atoms with Gasteiger partial charge in [-0.1, -0.05) is 28.1 Å². The molecule has 0 spiro atoms. The molecular formula is C12H13BrO3. The van der Waals surface area contributed by atoms with E-state index in [4.69, 9.17) is 4.74 Å². The Labute approximate surface area is 103 Å². The lowest BCUT2D eigenvalue weighted by Crippen LogP contribution is -2.22. The molecule has 0 saturated carbocycles. The van der Waals surface area contributed by atoms with Crippen molar-refractivity contribution < 1.29 is 14.3 Å². The van der Waals surface area contributed by atoms with Crippen LogP contribution in [0.5, 0.6) is 0 Å². The van der Waals surface area contributed by atoms with Crippen molar-refractivity contribution in [1.29, 1.82) is 0 Å². The summed E-state index contributed by atoms with van der Waals surface area (Å²) in [6.07, 6.45) is -0.190. The van der Waals surface area contributed by atoms with Gasteiger partial charge in [0.25, 0.3) is 0 Å². The quantitative estimate of drug-likeness (QED) is 0.630. The van der Waals surface area contributed by atoms with E-state index in [-0.39, 0.29) is 12.5 Å². The molecule has 0 aliphatic heterocycles. The molecule has 86 valence electrons. The first-order chi connectivity index (χ1) is 7.49. The number of Topliss-reactive ketones (excluding diaryl/α,β-unsaturated/α-hetero) is 1. The van der Waals surface area contributed by atoms with E-state index in [9.17, 15) is 9.59 Å². The molecule has 3 nitrogen and oxygen atoms in total. The number of carbonyl (C=O) groups is 2. The highest BCUT2D eigenvalue weighted by Crippen LogP contribution is 2.12. The molecule has 1 aromatic carbocycles. The monoisotopic (exact) mass is 284 g/mol. The SMILES string of the molecule is CC(C)OC(=O)C(=O)Cc1cccc(Br)c1. The van der Waals surface area contributed by atoms with E-state index in [0.29, 0.717) is 0 Å². The molecule has 16 heavy (non-hydrogen) atoms. The molecule has 4 heteroatoms. The van der Waals surface area contributed by atoms with Crippen LogP contribution in [0.1, 0.15) is 19.4 Å². The topological polar surface area (TPSA) is 43.4 Å². The van der Waals surface area contributed by atoms with Gasteiger partial charge in [0.1, 0.15) is 0 Å². The summed E-state index contributed by atoms with van der Waals surface area (Å²) in [5.74, 6) is -1.29. The van der Waals surface area contributed by atoms with Gasteiger partial charge in [0.05, 0.1) is 6.10 Å². The van der Waals surface area contributed by atoms with Gasteiger partial charge in [-0.3, -0.25) is 4.79 Å². The predicted molar refractivity (Wildman–Crippen MR) is 64.1 cm³/mol. The summed E-state index contributed by atoms with van der Waals surface area (Å²) in [5, 5.41) is 0. The second kappa shape index (κ2) is 5.80. The average molecular weight is 285 g/mol. The number of benzene rings is 1. The lowest BCUT2D eigenvalue weighted by Gasteiger charge is -2.06. The zero-order valence-corrected chi connectivity index (χ0v) is 10.8. The molecule has 0 bridgehead atoms. The molecule has 0 fully saturated rings. The Kier molecular flexibility index (Phi) is 4.68. The third-order valence-corrected chi connectivity index (χ3v) is 2.32. The Morgan fingerprint density at radius 3 is 2.62 bits per heavy atom. The number of hydrogen-bond donors (Lipinski definition) is 0. The highest BCUT2D eigenvalue weighted by Gasteiger charge is 2.17. The molecule has 0 radical (unpaired) electrons. The van der Waals surface area contributed by atoms with Crippen molar-refractivity contribution in [3.8, 4) is 0 Å². The smallest absolute Gasteiger partial charge is 0.375 e. The Hall–Kier alpha value is -1.16. The molecule has 0 saturated heterocycles. The summed E-state index contributed by atoms with van der Waals surface area (Å²) in [4.78, 5) is 22.7. The Morgan fingerprint density at radius 1 is 1.38 bits per heavy atom. The van der Waals surface area contributed by atoms with Gasteiger partial charge in [-0.2, -0.15) is 0 Å². The van der Waals surface area contributed by atoms with Crippen molar-refractivity contribution in [2.45, 2.75) is 26.4 Å². The normalized spacial score (nSPS) is 10.2. The van der Waals surface area contributed by atoms with Crippen molar-refractivity contribution in [2.24, 2.45) is 0 Å². The fraction of sp³-hybridized carbons (Fsp3) is 0.333. The van der Waals surface area contributed by atoms with Gasteiger partial charge in [0.2, 0.25) is 5.78 Å². The molecule has 0 aliphatic carbocycles. The van der Waals surface area contributed by atoms with E-state index in [0.717, 1.165) is 10.0 Å². The van der Waals surface area contributed by atoms with E-state index in [2.05, 4.69) is 15.9 Å². The van der Waals surface area contributed by atoms with E-state index in [1.165, 1.54) is 0 Å². The van der Waals surface area contributed by atoms with Crippen molar-refractivity contribution in [1.82, 2.24) is 0 Å². The van der Waals surface area contributed by atoms with Crippen LogP contribution in [0.25, 0.3) is 0 Å². The first kappa shape index (κ1) is 12.9. The minimum absolute atomic E-state index is 0.0744. The van der Waals surface area contributed by atoms with Crippen LogP contribution < -0.4 is 0 Å². The Balaban J connectivity index is 2.61. The summed E-state index contributed by atoms with van der Waals surface area (Å²) in [6.45, 7) is 3.43.